The molecule has 1 aromatic heterocycles. The van der Waals surface area contributed by atoms with E-state index in [4.69, 9.17) is 11.6 Å². The van der Waals surface area contributed by atoms with Crippen LogP contribution in [-0.2, 0) is 16.4 Å². The third-order valence-electron chi connectivity index (χ3n) is 3.94. The molecule has 5 nitrogen and oxygen atoms in total. The summed E-state index contributed by atoms with van der Waals surface area (Å²) < 4.78 is 23.7. The first-order valence-corrected chi connectivity index (χ1v) is 10.4. The Hall–Kier alpha value is -2.70. The normalized spacial score (nSPS) is 11.2. The first-order valence-electron chi connectivity index (χ1n) is 8.12. The Labute approximate surface area is 163 Å². The maximum atomic E-state index is 13.2. The molecule has 3 rings (SSSR count). The van der Waals surface area contributed by atoms with Crippen molar-refractivity contribution in [2.45, 2.75) is 11.4 Å². The number of carbonyl (C=O) groups excluding carboxylic acids is 1. The van der Waals surface area contributed by atoms with Crippen molar-refractivity contribution in [3.63, 3.8) is 0 Å². The smallest absolute Gasteiger partial charge is 0.258 e. The van der Waals surface area contributed by atoms with Crippen LogP contribution in [0.2, 0.25) is 5.02 Å². The molecule has 27 heavy (non-hydrogen) atoms. The molecule has 1 heterocycles. The molecule has 0 saturated carbocycles. The SMILES string of the molecule is CS(=O)(=O)c1cccc(C(=O)N(Cc2ccccn2)c2ccc(Cl)cc2)c1. The van der Waals surface area contributed by atoms with Crippen LogP contribution in [0.1, 0.15) is 16.1 Å². The second-order valence-electron chi connectivity index (χ2n) is 5.99. The molecule has 0 aliphatic heterocycles. The number of sulfone groups is 1. The van der Waals surface area contributed by atoms with E-state index in [1.807, 2.05) is 12.1 Å². The highest BCUT2D eigenvalue weighted by atomic mass is 35.5. The lowest BCUT2D eigenvalue weighted by molar-refractivity contribution is 0.0984. The van der Waals surface area contributed by atoms with Gasteiger partial charge in [-0.15, -0.1) is 0 Å². The molecule has 0 radical (unpaired) electrons. The molecule has 0 spiro atoms. The van der Waals surface area contributed by atoms with Gasteiger partial charge in [-0.05, 0) is 54.6 Å². The minimum absolute atomic E-state index is 0.0993. The zero-order valence-electron chi connectivity index (χ0n) is 14.5. The van der Waals surface area contributed by atoms with E-state index in [9.17, 15) is 13.2 Å². The van der Waals surface area contributed by atoms with Gasteiger partial charge in [0.1, 0.15) is 0 Å². The van der Waals surface area contributed by atoms with Crippen LogP contribution in [0.5, 0.6) is 0 Å². The summed E-state index contributed by atoms with van der Waals surface area (Å²) in [6, 6.07) is 18.4. The molecule has 0 N–H and O–H groups in total. The molecular weight excluding hydrogens is 384 g/mol. The fraction of sp³-hybridized carbons (Fsp3) is 0.100. The van der Waals surface area contributed by atoms with Gasteiger partial charge in [0, 0.05) is 28.7 Å². The Kier molecular flexibility index (Phi) is 5.58. The predicted octanol–water partition coefficient (Wildman–Crippen LogP) is 3.99. The van der Waals surface area contributed by atoms with Gasteiger partial charge < -0.3 is 4.90 Å². The number of hydrogen-bond acceptors (Lipinski definition) is 4. The van der Waals surface area contributed by atoms with Gasteiger partial charge >= 0.3 is 0 Å². The number of nitrogens with zero attached hydrogens (tertiary/aromatic N) is 2. The maximum Gasteiger partial charge on any atom is 0.258 e. The number of amides is 1. The summed E-state index contributed by atoms with van der Waals surface area (Å²) in [6.45, 7) is 0.240. The van der Waals surface area contributed by atoms with E-state index in [2.05, 4.69) is 4.98 Å². The second kappa shape index (κ2) is 7.90. The molecule has 0 bridgehead atoms. The zero-order chi connectivity index (χ0) is 19.4. The standard InChI is InChI=1S/C20H17ClN2O3S/c1-27(25,26)19-7-4-5-15(13-19)20(24)23(14-17-6-2-3-12-22-17)18-10-8-16(21)9-11-18/h2-13H,14H2,1H3. The van der Waals surface area contributed by atoms with E-state index >= 15 is 0 Å². The van der Waals surface area contributed by atoms with Crippen molar-refractivity contribution in [2.24, 2.45) is 0 Å². The van der Waals surface area contributed by atoms with Gasteiger partial charge in [-0.3, -0.25) is 9.78 Å². The Morgan fingerprint density at radius 2 is 1.78 bits per heavy atom. The lowest BCUT2D eigenvalue weighted by Crippen LogP contribution is -2.30. The molecule has 0 unspecified atom stereocenters. The Morgan fingerprint density at radius 3 is 2.41 bits per heavy atom. The van der Waals surface area contributed by atoms with Crippen molar-refractivity contribution < 1.29 is 13.2 Å². The van der Waals surface area contributed by atoms with Crippen LogP contribution in [-0.4, -0.2) is 25.6 Å². The van der Waals surface area contributed by atoms with E-state index in [1.165, 1.54) is 12.1 Å². The van der Waals surface area contributed by atoms with Crippen LogP contribution in [0.15, 0.2) is 77.8 Å². The van der Waals surface area contributed by atoms with Gasteiger partial charge in [-0.1, -0.05) is 23.7 Å². The lowest BCUT2D eigenvalue weighted by atomic mass is 10.1. The van der Waals surface area contributed by atoms with E-state index in [1.54, 1.807) is 53.6 Å². The largest absolute Gasteiger partial charge is 0.302 e. The number of halogens is 1. The molecule has 138 valence electrons. The van der Waals surface area contributed by atoms with Crippen molar-refractivity contribution in [1.82, 2.24) is 4.98 Å². The molecule has 7 heteroatoms. The molecule has 0 aliphatic rings. The number of carbonyl (C=O) groups is 1. The molecular formula is C20H17ClN2O3S. The second-order valence-corrected chi connectivity index (χ2v) is 8.44. The van der Waals surface area contributed by atoms with Crippen molar-refractivity contribution in [3.05, 3.63) is 89.2 Å². The third-order valence-corrected chi connectivity index (χ3v) is 5.30. The quantitative estimate of drug-likeness (QED) is 0.649. The van der Waals surface area contributed by atoms with Crippen LogP contribution in [0.4, 0.5) is 5.69 Å². The van der Waals surface area contributed by atoms with Gasteiger partial charge in [0.2, 0.25) is 0 Å². The van der Waals surface area contributed by atoms with Crippen LogP contribution in [0.3, 0.4) is 0 Å². The van der Waals surface area contributed by atoms with Crippen LogP contribution >= 0.6 is 11.6 Å². The van der Waals surface area contributed by atoms with Crippen molar-refractivity contribution >= 4 is 33.0 Å². The number of pyridine rings is 1. The molecule has 0 fully saturated rings. The number of anilines is 1. The highest BCUT2D eigenvalue weighted by molar-refractivity contribution is 7.90. The molecule has 0 saturated heterocycles. The van der Waals surface area contributed by atoms with E-state index in [-0.39, 0.29) is 22.9 Å². The van der Waals surface area contributed by atoms with E-state index < -0.39 is 9.84 Å². The molecule has 0 aliphatic carbocycles. The fourth-order valence-corrected chi connectivity index (χ4v) is 3.36. The van der Waals surface area contributed by atoms with Crippen LogP contribution in [0, 0.1) is 0 Å². The topological polar surface area (TPSA) is 67.3 Å². The van der Waals surface area contributed by atoms with Gasteiger partial charge in [-0.2, -0.15) is 0 Å². The minimum atomic E-state index is -3.41. The summed E-state index contributed by atoms with van der Waals surface area (Å²) in [5.41, 5.74) is 1.63. The van der Waals surface area contributed by atoms with Crippen molar-refractivity contribution in [3.8, 4) is 0 Å². The van der Waals surface area contributed by atoms with Crippen molar-refractivity contribution in [2.75, 3.05) is 11.2 Å². The third kappa shape index (κ3) is 4.72. The van der Waals surface area contributed by atoms with Crippen molar-refractivity contribution in [1.29, 1.82) is 0 Å². The average molecular weight is 401 g/mol. The Morgan fingerprint density at radius 1 is 1.04 bits per heavy atom. The summed E-state index contributed by atoms with van der Waals surface area (Å²) in [4.78, 5) is 19.1. The molecule has 0 atom stereocenters. The first-order chi connectivity index (χ1) is 12.8. The summed E-state index contributed by atoms with van der Waals surface area (Å²) in [5, 5.41) is 0.558. The monoisotopic (exact) mass is 400 g/mol. The number of aromatic nitrogens is 1. The van der Waals surface area contributed by atoms with Crippen LogP contribution < -0.4 is 4.90 Å². The number of hydrogen-bond donors (Lipinski definition) is 0. The average Bonchev–Trinajstić information content (AvgIpc) is 2.67. The first kappa shape index (κ1) is 19.1. The van der Waals surface area contributed by atoms with Crippen LogP contribution in [0.25, 0.3) is 0 Å². The lowest BCUT2D eigenvalue weighted by Gasteiger charge is -2.23. The predicted molar refractivity (Wildman–Crippen MR) is 106 cm³/mol. The number of benzene rings is 2. The van der Waals surface area contributed by atoms with Gasteiger partial charge in [0.25, 0.3) is 5.91 Å². The summed E-state index contributed by atoms with van der Waals surface area (Å²) >= 11 is 5.96. The van der Waals surface area contributed by atoms with Gasteiger partial charge in [0.15, 0.2) is 9.84 Å². The Balaban J connectivity index is 2.02. The maximum absolute atomic E-state index is 13.2. The number of rotatable bonds is 5. The van der Waals surface area contributed by atoms with Gasteiger partial charge in [0.05, 0.1) is 17.1 Å². The summed E-state index contributed by atoms with van der Waals surface area (Å²) in [7, 11) is -3.41. The van der Waals surface area contributed by atoms with E-state index in [0.29, 0.717) is 16.4 Å². The summed E-state index contributed by atoms with van der Waals surface area (Å²) in [5.74, 6) is -0.325. The fourth-order valence-electron chi connectivity index (χ4n) is 2.57. The highest BCUT2D eigenvalue weighted by Gasteiger charge is 2.20. The zero-order valence-corrected chi connectivity index (χ0v) is 16.1. The Bertz CT molecular complexity index is 1050. The molecule has 2 aromatic carbocycles. The highest BCUT2D eigenvalue weighted by Crippen LogP contribution is 2.23. The molecule has 1 amide bonds. The van der Waals surface area contributed by atoms with Gasteiger partial charge in [-0.25, -0.2) is 8.42 Å². The van der Waals surface area contributed by atoms with E-state index in [0.717, 1.165) is 6.26 Å². The minimum Gasteiger partial charge on any atom is -0.302 e. The summed E-state index contributed by atoms with van der Waals surface area (Å²) in [6.07, 6.45) is 2.77. The molecule has 3 aromatic rings.